The van der Waals surface area contributed by atoms with Gasteiger partial charge >= 0.3 is 0 Å². The van der Waals surface area contributed by atoms with E-state index >= 15 is 0 Å². The molecule has 0 spiro atoms. The molecule has 132 valence electrons. The van der Waals surface area contributed by atoms with Crippen LogP contribution in [0.5, 0.6) is 0 Å². The van der Waals surface area contributed by atoms with E-state index in [4.69, 9.17) is 5.26 Å². The summed E-state index contributed by atoms with van der Waals surface area (Å²) in [6, 6.07) is 16.6. The number of hydrogen-bond donors (Lipinski definition) is 1. The van der Waals surface area contributed by atoms with E-state index in [9.17, 15) is 9.59 Å². The molecule has 1 fully saturated rings. The van der Waals surface area contributed by atoms with Crippen LogP contribution in [0.2, 0.25) is 0 Å². The summed E-state index contributed by atoms with van der Waals surface area (Å²) >= 11 is 0. The van der Waals surface area contributed by atoms with Gasteiger partial charge in [0.15, 0.2) is 0 Å². The van der Waals surface area contributed by atoms with Gasteiger partial charge in [-0.3, -0.25) is 9.59 Å². The molecule has 2 unspecified atom stereocenters. The highest BCUT2D eigenvalue weighted by Gasteiger charge is 2.49. The van der Waals surface area contributed by atoms with Crippen LogP contribution in [0.15, 0.2) is 48.5 Å². The third kappa shape index (κ3) is 3.75. The second-order valence-electron chi connectivity index (χ2n) is 6.55. The Morgan fingerprint density at radius 1 is 1.19 bits per heavy atom. The van der Waals surface area contributed by atoms with Crippen LogP contribution in [-0.4, -0.2) is 18.4 Å². The molecule has 0 saturated heterocycles. The molecule has 2 amide bonds. The lowest BCUT2D eigenvalue weighted by Crippen LogP contribution is -2.33. The number of carbonyl (C=O) groups is 2. The smallest absolute Gasteiger partial charge is 0.230 e. The average molecular weight is 347 g/mol. The fourth-order valence-corrected chi connectivity index (χ4v) is 3.08. The van der Waals surface area contributed by atoms with Crippen molar-refractivity contribution < 1.29 is 9.59 Å². The summed E-state index contributed by atoms with van der Waals surface area (Å²) in [6.07, 6.45) is 0.573. The second-order valence-corrected chi connectivity index (χ2v) is 6.55. The van der Waals surface area contributed by atoms with E-state index in [0.29, 0.717) is 24.2 Å². The maximum atomic E-state index is 12.8. The summed E-state index contributed by atoms with van der Waals surface area (Å²) in [6.45, 7) is 4.50. The van der Waals surface area contributed by atoms with Gasteiger partial charge in [0.05, 0.1) is 23.5 Å². The molecule has 1 N–H and O–H groups in total. The van der Waals surface area contributed by atoms with Gasteiger partial charge in [0, 0.05) is 17.9 Å². The molecule has 2 atom stereocenters. The van der Waals surface area contributed by atoms with Crippen molar-refractivity contribution in [2.45, 2.75) is 20.3 Å². The van der Waals surface area contributed by atoms with Gasteiger partial charge in [-0.1, -0.05) is 12.1 Å². The molecule has 0 aromatic heterocycles. The van der Waals surface area contributed by atoms with Crippen LogP contribution >= 0.6 is 0 Å². The van der Waals surface area contributed by atoms with Crippen LogP contribution in [0.3, 0.4) is 0 Å². The lowest BCUT2D eigenvalue weighted by atomic mass is 10.2. The topological polar surface area (TPSA) is 73.2 Å². The standard InChI is InChI=1S/C21H21N3O2/c1-3-24(17-6-4-5-14(2)11-17)21(26)19-12-18(19)20(25)23-16-9-7-15(13-22)8-10-16/h4-11,18-19H,3,12H2,1-2H3,(H,23,25). The third-order valence-corrected chi connectivity index (χ3v) is 4.62. The molecule has 1 aliphatic carbocycles. The Kier molecular flexibility index (Phi) is 5.04. The zero-order valence-electron chi connectivity index (χ0n) is 14.9. The second kappa shape index (κ2) is 7.40. The first-order valence-electron chi connectivity index (χ1n) is 8.72. The maximum Gasteiger partial charge on any atom is 0.230 e. The molecule has 0 radical (unpaired) electrons. The Morgan fingerprint density at radius 2 is 1.92 bits per heavy atom. The predicted octanol–water partition coefficient (Wildman–Crippen LogP) is 3.49. The van der Waals surface area contributed by atoms with E-state index in [-0.39, 0.29) is 23.7 Å². The molecular formula is C21H21N3O2. The van der Waals surface area contributed by atoms with E-state index in [1.807, 2.05) is 44.2 Å². The van der Waals surface area contributed by atoms with Crippen molar-refractivity contribution in [1.29, 1.82) is 5.26 Å². The summed E-state index contributed by atoms with van der Waals surface area (Å²) in [5, 5.41) is 11.6. The number of rotatable bonds is 5. The molecular weight excluding hydrogens is 326 g/mol. The van der Waals surface area contributed by atoms with Crippen molar-refractivity contribution in [2.24, 2.45) is 11.8 Å². The Balaban J connectivity index is 1.63. The predicted molar refractivity (Wildman–Crippen MR) is 101 cm³/mol. The number of nitriles is 1. The fourth-order valence-electron chi connectivity index (χ4n) is 3.08. The highest BCUT2D eigenvalue weighted by molar-refractivity contribution is 6.04. The van der Waals surface area contributed by atoms with Gasteiger partial charge in [0.2, 0.25) is 11.8 Å². The van der Waals surface area contributed by atoms with Crippen molar-refractivity contribution in [3.63, 3.8) is 0 Å². The quantitative estimate of drug-likeness (QED) is 0.900. The first-order chi connectivity index (χ1) is 12.5. The summed E-state index contributed by atoms with van der Waals surface area (Å²) in [7, 11) is 0. The number of nitrogens with zero attached hydrogens (tertiary/aromatic N) is 2. The third-order valence-electron chi connectivity index (χ3n) is 4.62. The van der Waals surface area contributed by atoms with Gasteiger partial charge in [-0.05, 0) is 62.2 Å². The van der Waals surface area contributed by atoms with Gasteiger partial charge in [-0.25, -0.2) is 0 Å². The molecule has 5 heteroatoms. The number of amides is 2. The van der Waals surface area contributed by atoms with E-state index in [1.165, 1.54) is 0 Å². The van der Waals surface area contributed by atoms with Crippen LogP contribution < -0.4 is 10.2 Å². The Morgan fingerprint density at radius 3 is 2.54 bits per heavy atom. The van der Waals surface area contributed by atoms with E-state index in [2.05, 4.69) is 5.32 Å². The highest BCUT2D eigenvalue weighted by Crippen LogP contribution is 2.41. The maximum absolute atomic E-state index is 12.8. The minimum Gasteiger partial charge on any atom is -0.326 e. The summed E-state index contributed by atoms with van der Waals surface area (Å²) < 4.78 is 0. The van der Waals surface area contributed by atoms with Gasteiger partial charge < -0.3 is 10.2 Å². The lowest BCUT2D eigenvalue weighted by molar-refractivity contribution is -0.123. The van der Waals surface area contributed by atoms with Crippen molar-refractivity contribution in [3.8, 4) is 6.07 Å². The zero-order chi connectivity index (χ0) is 18.7. The number of hydrogen-bond acceptors (Lipinski definition) is 3. The summed E-state index contributed by atoms with van der Waals surface area (Å²) in [4.78, 5) is 27.0. The molecule has 0 aliphatic heterocycles. The number of anilines is 2. The molecule has 2 aromatic rings. The van der Waals surface area contributed by atoms with Gasteiger partial charge in [0.25, 0.3) is 0 Å². The van der Waals surface area contributed by atoms with Gasteiger partial charge in [-0.15, -0.1) is 0 Å². The number of benzene rings is 2. The molecule has 26 heavy (non-hydrogen) atoms. The lowest BCUT2D eigenvalue weighted by Gasteiger charge is -2.21. The van der Waals surface area contributed by atoms with Crippen LogP contribution in [-0.2, 0) is 9.59 Å². The van der Waals surface area contributed by atoms with Gasteiger partial charge in [0.1, 0.15) is 0 Å². The monoisotopic (exact) mass is 347 g/mol. The molecule has 3 rings (SSSR count). The molecule has 0 bridgehead atoms. The van der Waals surface area contributed by atoms with E-state index < -0.39 is 0 Å². The van der Waals surface area contributed by atoms with Crippen molar-refractivity contribution >= 4 is 23.2 Å². The van der Waals surface area contributed by atoms with Crippen LogP contribution in [0.4, 0.5) is 11.4 Å². The summed E-state index contributed by atoms with van der Waals surface area (Å²) in [5.74, 6) is -0.711. The van der Waals surface area contributed by atoms with Crippen LogP contribution in [0.25, 0.3) is 0 Å². The molecule has 0 heterocycles. The Labute approximate surface area is 153 Å². The molecule has 5 nitrogen and oxygen atoms in total. The minimum atomic E-state index is -0.294. The first kappa shape index (κ1) is 17.7. The number of aryl methyl sites for hydroxylation is 1. The Bertz CT molecular complexity index is 868. The number of nitrogens with one attached hydrogen (secondary N) is 1. The zero-order valence-corrected chi connectivity index (χ0v) is 14.9. The fraction of sp³-hybridized carbons (Fsp3) is 0.286. The Hall–Kier alpha value is -3.13. The summed E-state index contributed by atoms with van der Waals surface area (Å²) in [5.41, 5.74) is 3.15. The van der Waals surface area contributed by atoms with Gasteiger partial charge in [-0.2, -0.15) is 5.26 Å². The van der Waals surface area contributed by atoms with E-state index in [1.54, 1.807) is 29.2 Å². The SMILES string of the molecule is CCN(C(=O)C1CC1C(=O)Nc1ccc(C#N)cc1)c1cccc(C)c1. The highest BCUT2D eigenvalue weighted by atomic mass is 16.2. The molecule has 1 saturated carbocycles. The minimum absolute atomic E-state index is 0.00178. The average Bonchev–Trinajstić information content (AvgIpc) is 3.44. The molecule has 1 aliphatic rings. The van der Waals surface area contributed by atoms with Crippen LogP contribution in [0.1, 0.15) is 24.5 Å². The largest absolute Gasteiger partial charge is 0.326 e. The van der Waals surface area contributed by atoms with E-state index in [0.717, 1.165) is 11.3 Å². The first-order valence-corrected chi connectivity index (χ1v) is 8.72. The van der Waals surface area contributed by atoms with Crippen molar-refractivity contribution in [1.82, 2.24) is 0 Å². The van der Waals surface area contributed by atoms with Crippen LogP contribution in [0, 0.1) is 30.1 Å². The van der Waals surface area contributed by atoms with Crippen molar-refractivity contribution in [3.05, 3.63) is 59.7 Å². The number of carbonyl (C=O) groups excluding carboxylic acids is 2. The normalized spacial score (nSPS) is 17.9. The van der Waals surface area contributed by atoms with Crippen molar-refractivity contribution in [2.75, 3.05) is 16.8 Å². The molecule has 2 aromatic carbocycles.